The van der Waals surface area contributed by atoms with E-state index >= 15 is 0 Å². The normalized spacial score (nSPS) is 20.0. The molecule has 1 saturated carbocycles. The molecule has 2 aromatic heterocycles. The first-order chi connectivity index (χ1) is 9.49. The van der Waals surface area contributed by atoms with Crippen LogP contribution in [0.4, 0.5) is 0 Å². The highest BCUT2D eigenvalue weighted by Crippen LogP contribution is 2.57. The van der Waals surface area contributed by atoms with Gasteiger partial charge >= 0.3 is 5.97 Å². The van der Waals surface area contributed by atoms with Crippen molar-refractivity contribution in [1.82, 2.24) is 14.8 Å². The fourth-order valence-corrected chi connectivity index (χ4v) is 3.65. The summed E-state index contributed by atoms with van der Waals surface area (Å²) in [5.41, 5.74) is 0.229. The van der Waals surface area contributed by atoms with E-state index < -0.39 is 5.97 Å². The van der Waals surface area contributed by atoms with Gasteiger partial charge in [-0.25, -0.2) is 0 Å². The molecule has 2 aromatic rings. The molecule has 106 valence electrons. The first-order valence-electron chi connectivity index (χ1n) is 6.32. The summed E-state index contributed by atoms with van der Waals surface area (Å²) in [5.74, 6) is 0.0242. The Morgan fingerprint density at radius 3 is 2.90 bits per heavy atom. The molecule has 7 heteroatoms. The molecule has 0 aliphatic heterocycles. The van der Waals surface area contributed by atoms with Crippen molar-refractivity contribution in [3.05, 3.63) is 17.5 Å². The summed E-state index contributed by atoms with van der Waals surface area (Å²) in [6.45, 7) is 4.42. The van der Waals surface area contributed by atoms with Crippen LogP contribution in [-0.4, -0.2) is 31.6 Å². The predicted molar refractivity (Wildman–Crippen MR) is 79.1 cm³/mol. The van der Waals surface area contributed by atoms with Gasteiger partial charge < -0.3 is 5.11 Å². The van der Waals surface area contributed by atoms with Crippen LogP contribution in [-0.2, 0) is 4.79 Å². The molecule has 1 atom stereocenters. The lowest BCUT2D eigenvalue weighted by Gasteiger charge is -2.10. The summed E-state index contributed by atoms with van der Waals surface area (Å²) in [6, 6.07) is 4.36. The summed E-state index contributed by atoms with van der Waals surface area (Å²) < 4.78 is 2.11. The Morgan fingerprint density at radius 2 is 2.35 bits per heavy atom. The van der Waals surface area contributed by atoms with Crippen molar-refractivity contribution in [2.75, 3.05) is 5.75 Å². The molecular formula is C13H15N3O2S2. The smallest absolute Gasteiger partial charge is 0.313 e. The molecule has 0 amide bonds. The van der Waals surface area contributed by atoms with Gasteiger partial charge in [0.1, 0.15) is 0 Å². The molecule has 0 bridgehead atoms. The van der Waals surface area contributed by atoms with Gasteiger partial charge in [-0.2, -0.15) is 0 Å². The monoisotopic (exact) mass is 309 g/mol. The molecular weight excluding hydrogens is 294 g/mol. The Bertz CT molecular complexity index is 634. The van der Waals surface area contributed by atoms with Gasteiger partial charge in [-0.3, -0.25) is 9.36 Å². The highest BCUT2D eigenvalue weighted by molar-refractivity contribution is 7.99. The minimum Gasteiger partial charge on any atom is -0.481 e. The molecule has 5 nitrogen and oxygen atoms in total. The topological polar surface area (TPSA) is 68.0 Å². The fraction of sp³-hybridized carbons (Fsp3) is 0.462. The molecule has 0 saturated heterocycles. The van der Waals surface area contributed by atoms with Crippen molar-refractivity contribution in [2.24, 2.45) is 5.41 Å². The Balaban J connectivity index is 1.97. The van der Waals surface area contributed by atoms with Gasteiger partial charge in [0.05, 0.1) is 10.6 Å². The molecule has 0 aromatic carbocycles. The Hall–Kier alpha value is -1.34. The summed E-state index contributed by atoms with van der Waals surface area (Å²) in [4.78, 5) is 11.8. The second-order valence-electron chi connectivity index (χ2n) is 5.54. The van der Waals surface area contributed by atoms with E-state index in [4.69, 9.17) is 5.11 Å². The van der Waals surface area contributed by atoms with Crippen LogP contribution in [0.3, 0.4) is 0 Å². The molecule has 1 aliphatic rings. The number of rotatable bonds is 5. The fourth-order valence-electron chi connectivity index (χ4n) is 2.24. The molecule has 2 heterocycles. The number of thioether (sulfide) groups is 1. The van der Waals surface area contributed by atoms with Crippen LogP contribution in [0.5, 0.6) is 0 Å². The number of aromatic nitrogens is 3. The molecule has 1 aliphatic carbocycles. The lowest BCUT2D eigenvalue weighted by Crippen LogP contribution is -2.06. The maximum atomic E-state index is 10.8. The number of carboxylic acids is 1. The van der Waals surface area contributed by atoms with E-state index in [0.29, 0.717) is 11.2 Å². The van der Waals surface area contributed by atoms with Gasteiger partial charge in [-0.15, -0.1) is 21.5 Å². The second-order valence-corrected chi connectivity index (χ2v) is 7.43. The SMILES string of the molecule is CC1(C)CC1n1c(SCC(=O)O)nnc1-c1cccs1. The number of thiophene rings is 1. The molecule has 0 radical (unpaired) electrons. The first-order valence-corrected chi connectivity index (χ1v) is 8.19. The highest BCUT2D eigenvalue weighted by atomic mass is 32.2. The number of carboxylic acid groups (broad SMARTS) is 1. The number of carbonyl (C=O) groups is 1. The predicted octanol–water partition coefficient (Wildman–Crippen LogP) is 3.15. The zero-order chi connectivity index (χ0) is 14.3. The first kappa shape index (κ1) is 13.6. The molecule has 1 N–H and O–H groups in total. The third kappa shape index (κ3) is 2.47. The number of nitrogens with zero attached hydrogens (tertiary/aromatic N) is 3. The minimum atomic E-state index is -0.836. The highest BCUT2D eigenvalue weighted by Gasteiger charge is 2.49. The summed E-state index contributed by atoms with van der Waals surface area (Å²) in [6.07, 6.45) is 1.07. The van der Waals surface area contributed by atoms with Gasteiger partial charge in [-0.1, -0.05) is 31.7 Å². The van der Waals surface area contributed by atoms with Crippen LogP contribution >= 0.6 is 23.1 Å². The van der Waals surface area contributed by atoms with Crippen LogP contribution in [0.25, 0.3) is 10.7 Å². The molecule has 3 rings (SSSR count). The standard InChI is InChI=1S/C13H15N3O2S2/c1-13(2)6-9(13)16-11(8-4-3-5-19-8)14-15-12(16)20-7-10(17)18/h3-5,9H,6-7H2,1-2H3,(H,17,18). The maximum absolute atomic E-state index is 10.8. The van der Waals surface area contributed by atoms with Crippen LogP contribution < -0.4 is 0 Å². The zero-order valence-electron chi connectivity index (χ0n) is 11.2. The third-order valence-electron chi connectivity index (χ3n) is 3.50. The van der Waals surface area contributed by atoms with Crippen molar-refractivity contribution in [2.45, 2.75) is 31.5 Å². The Labute approximate surface area is 125 Å². The van der Waals surface area contributed by atoms with Crippen molar-refractivity contribution in [3.63, 3.8) is 0 Å². The van der Waals surface area contributed by atoms with Gasteiger partial charge in [0.25, 0.3) is 0 Å². The number of hydrogen-bond acceptors (Lipinski definition) is 5. The van der Waals surface area contributed by atoms with Crippen LogP contribution in [0.15, 0.2) is 22.7 Å². The van der Waals surface area contributed by atoms with Crippen molar-refractivity contribution < 1.29 is 9.90 Å². The van der Waals surface area contributed by atoms with Crippen LogP contribution in [0.1, 0.15) is 26.3 Å². The van der Waals surface area contributed by atoms with E-state index in [1.807, 2.05) is 17.5 Å². The number of hydrogen-bond donors (Lipinski definition) is 1. The van der Waals surface area contributed by atoms with Crippen LogP contribution in [0, 0.1) is 5.41 Å². The molecule has 0 spiro atoms. The lowest BCUT2D eigenvalue weighted by molar-refractivity contribution is -0.133. The molecule has 1 unspecified atom stereocenters. The summed E-state index contributed by atoms with van der Waals surface area (Å²) in [5, 5.41) is 20.0. The maximum Gasteiger partial charge on any atom is 0.313 e. The average Bonchev–Trinajstić information content (AvgIpc) is 2.82. The second kappa shape index (κ2) is 4.89. The summed E-state index contributed by atoms with van der Waals surface area (Å²) in [7, 11) is 0. The largest absolute Gasteiger partial charge is 0.481 e. The van der Waals surface area contributed by atoms with Gasteiger partial charge in [-0.05, 0) is 23.3 Å². The lowest BCUT2D eigenvalue weighted by atomic mass is 10.2. The van der Waals surface area contributed by atoms with Gasteiger partial charge in [0.2, 0.25) is 0 Å². The van der Waals surface area contributed by atoms with E-state index in [2.05, 4.69) is 28.6 Å². The van der Waals surface area contributed by atoms with Crippen molar-refractivity contribution in [1.29, 1.82) is 0 Å². The molecule has 20 heavy (non-hydrogen) atoms. The van der Waals surface area contributed by atoms with Gasteiger partial charge in [0.15, 0.2) is 11.0 Å². The third-order valence-corrected chi connectivity index (χ3v) is 5.30. The summed E-state index contributed by atoms with van der Waals surface area (Å²) >= 11 is 2.86. The van der Waals surface area contributed by atoms with E-state index in [9.17, 15) is 4.79 Å². The van der Waals surface area contributed by atoms with E-state index in [0.717, 1.165) is 17.1 Å². The van der Waals surface area contributed by atoms with Crippen molar-refractivity contribution >= 4 is 29.1 Å². The van der Waals surface area contributed by atoms with Gasteiger partial charge in [0, 0.05) is 6.04 Å². The van der Waals surface area contributed by atoms with E-state index in [1.165, 1.54) is 11.8 Å². The Morgan fingerprint density at radius 1 is 1.60 bits per heavy atom. The Kier molecular flexibility index (Phi) is 3.33. The van der Waals surface area contributed by atoms with E-state index in [1.54, 1.807) is 11.3 Å². The quantitative estimate of drug-likeness (QED) is 0.859. The zero-order valence-corrected chi connectivity index (χ0v) is 12.9. The van der Waals surface area contributed by atoms with Crippen LogP contribution in [0.2, 0.25) is 0 Å². The average molecular weight is 309 g/mol. The minimum absolute atomic E-state index is 0.00965. The number of aliphatic carboxylic acids is 1. The molecule has 1 fully saturated rings. The van der Waals surface area contributed by atoms with Crippen molar-refractivity contribution in [3.8, 4) is 10.7 Å². The van der Waals surface area contributed by atoms with E-state index in [-0.39, 0.29) is 11.2 Å².